The number of rotatable bonds is 5. The van der Waals surface area contributed by atoms with Crippen molar-refractivity contribution in [3.05, 3.63) is 27.7 Å². The maximum atomic E-state index is 6.10. The monoisotopic (exact) mass is 274 g/mol. The van der Waals surface area contributed by atoms with Gasteiger partial charge >= 0.3 is 0 Å². The molecule has 1 aromatic rings. The Bertz CT molecular complexity index is 382. The number of benzene rings is 1. The van der Waals surface area contributed by atoms with E-state index >= 15 is 0 Å². The van der Waals surface area contributed by atoms with Crippen LogP contribution < -0.4 is 4.74 Å². The van der Waals surface area contributed by atoms with Gasteiger partial charge in [-0.05, 0) is 24.1 Å². The fourth-order valence-electron chi connectivity index (χ4n) is 1.18. The van der Waals surface area contributed by atoms with E-state index in [0.717, 1.165) is 12.0 Å². The highest BCUT2D eigenvalue weighted by Crippen LogP contribution is 2.33. The summed E-state index contributed by atoms with van der Waals surface area (Å²) in [5.41, 5.74) is 0.845. The maximum absolute atomic E-state index is 6.10. The summed E-state index contributed by atoms with van der Waals surface area (Å²) in [4.78, 5) is 0. The van der Waals surface area contributed by atoms with E-state index in [2.05, 4.69) is 5.10 Å². The zero-order chi connectivity index (χ0) is 12.8. The molecule has 0 saturated carbocycles. The Hall–Kier alpha value is -0.930. The predicted octanol–water partition coefficient (Wildman–Crippen LogP) is 3.68. The summed E-state index contributed by atoms with van der Waals surface area (Å²) in [6.07, 6.45) is 2.61. The SMILES string of the molecule is CCCOc1c(Cl)cc(/C=N/N(C)C)cc1Cl. The molecule has 1 aromatic carbocycles. The summed E-state index contributed by atoms with van der Waals surface area (Å²) in [6.45, 7) is 2.63. The Labute approximate surface area is 112 Å². The van der Waals surface area contributed by atoms with E-state index in [1.165, 1.54) is 0 Å². The second kappa shape index (κ2) is 6.72. The zero-order valence-electron chi connectivity index (χ0n) is 10.2. The molecular formula is C12H16Cl2N2O. The third-order valence-corrected chi connectivity index (χ3v) is 2.47. The summed E-state index contributed by atoms with van der Waals surface area (Å²) >= 11 is 12.2. The van der Waals surface area contributed by atoms with Crippen molar-refractivity contribution >= 4 is 29.4 Å². The number of hydrazone groups is 1. The van der Waals surface area contributed by atoms with Crippen LogP contribution in [-0.2, 0) is 0 Å². The fourth-order valence-corrected chi connectivity index (χ4v) is 1.79. The van der Waals surface area contributed by atoms with Gasteiger partial charge in [-0.25, -0.2) is 0 Å². The Morgan fingerprint density at radius 3 is 2.35 bits per heavy atom. The molecule has 17 heavy (non-hydrogen) atoms. The third-order valence-electron chi connectivity index (χ3n) is 1.91. The van der Waals surface area contributed by atoms with E-state index in [1.807, 2.05) is 21.0 Å². The molecule has 0 aliphatic carbocycles. The van der Waals surface area contributed by atoms with E-state index < -0.39 is 0 Å². The van der Waals surface area contributed by atoms with Crippen LogP contribution in [0.5, 0.6) is 5.75 Å². The summed E-state index contributed by atoms with van der Waals surface area (Å²) in [5.74, 6) is 0.539. The molecule has 0 bridgehead atoms. The smallest absolute Gasteiger partial charge is 0.156 e. The standard InChI is InChI=1S/C12H16Cl2N2O/c1-4-5-17-12-10(13)6-9(7-11(12)14)8-15-16(2)3/h6-8H,4-5H2,1-3H3/b15-8+. The summed E-state index contributed by atoms with van der Waals surface area (Å²) in [7, 11) is 3.69. The molecule has 0 unspecified atom stereocenters. The van der Waals surface area contributed by atoms with Crippen LogP contribution in [0.4, 0.5) is 0 Å². The van der Waals surface area contributed by atoms with Gasteiger partial charge in [0, 0.05) is 14.1 Å². The van der Waals surface area contributed by atoms with E-state index in [-0.39, 0.29) is 0 Å². The van der Waals surface area contributed by atoms with Crippen LogP contribution in [-0.4, -0.2) is 31.9 Å². The van der Waals surface area contributed by atoms with Crippen molar-refractivity contribution in [1.82, 2.24) is 5.01 Å². The van der Waals surface area contributed by atoms with Crippen LogP contribution in [0.25, 0.3) is 0 Å². The molecule has 0 heterocycles. The van der Waals surface area contributed by atoms with Gasteiger partial charge in [0.05, 0.1) is 22.9 Å². The summed E-state index contributed by atoms with van der Waals surface area (Å²) in [5, 5.41) is 6.83. The van der Waals surface area contributed by atoms with Crippen LogP contribution in [0, 0.1) is 0 Å². The fraction of sp³-hybridized carbons (Fsp3) is 0.417. The molecule has 3 nitrogen and oxygen atoms in total. The van der Waals surface area contributed by atoms with Gasteiger partial charge in [-0.15, -0.1) is 0 Å². The highest BCUT2D eigenvalue weighted by Gasteiger charge is 2.08. The second-order valence-corrected chi connectivity index (χ2v) is 4.57. The van der Waals surface area contributed by atoms with E-state index in [9.17, 15) is 0 Å². The molecule has 0 amide bonds. The van der Waals surface area contributed by atoms with Crippen LogP contribution in [0.1, 0.15) is 18.9 Å². The van der Waals surface area contributed by atoms with Crippen LogP contribution in [0.3, 0.4) is 0 Å². The lowest BCUT2D eigenvalue weighted by Crippen LogP contribution is -2.02. The molecule has 5 heteroatoms. The molecule has 0 fully saturated rings. The van der Waals surface area contributed by atoms with Crippen LogP contribution >= 0.6 is 23.2 Å². The molecule has 0 N–H and O–H groups in total. The molecule has 0 radical (unpaired) electrons. The molecule has 0 aliphatic heterocycles. The summed E-state index contributed by atoms with van der Waals surface area (Å²) < 4.78 is 5.48. The van der Waals surface area contributed by atoms with Crippen molar-refractivity contribution in [3.63, 3.8) is 0 Å². The lowest BCUT2D eigenvalue weighted by atomic mass is 10.2. The molecular weight excluding hydrogens is 259 g/mol. The minimum Gasteiger partial charge on any atom is -0.490 e. The highest BCUT2D eigenvalue weighted by atomic mass is 35.5. The van der Waals surface area contributed by atoms with E-state index in [0.29, 0.717) is 22.4 Å². The molecule has 1 rings (SSSR count). The van der Waals surface area contributed by atoms with Crippen LogP contribution in [0.15, 0.2) is 17.2 Å². The van der Waals surface area contributed by atoms with Crippen molar-refractivity contribution in [2.75, 3.05) is 20.7 Å². The number of ether oxygens (including phenoxy) is 1. The first kappa shape index (κ1) is 14.1. The largest absolute Gasteiger partial charge is 0.490 e. The zero-order valence-corrected chi connectivity index (χ0v) is 11.7. The molecule has 94 valence electrons. The lowest BCUT2D eigenvalue weighted by Gasteiger charge is -2.10. The lowest BCUT2D eigenvalue weighted by molar-refractivity contribution is 0.318. The van der Waals surface area contributed by atoms with Crippen molar-refractivity contribution in [1.29, 1.82) is 0 Å². The summed E-state index contributed by atoms with van der Waals surface area (Å²) in [6, 6.07) is 3.57. The number of halogens is 2. The van der Waals surface area contributed by atoms with Gasteiger partial charge in [0.25, 0.3) is 0 Å². The Morgan fingerprint density at radius 1 is 1.29 bits per heavy atom. The first-order valence-electron chi connectivity index (χ1n) is 5.37. The van der Waals surface area contributed by atoms with Gasteiger partial charge in [-0.3, -0.25) is 0 Å². The average molecular weight is 275 g/mol. The van der Waals surface area contributed by atoms with Gasteiger partial charge < -0.3 is 9.75 Å². The van der Waals surface area contributed by atoms with Gasteiger partial charge in [-0.2, -0.15) is 5.10 Å². The molecule has 0 aliphatic rings. The minimum absolute atomic E-state index is 0.506. The van der Waals surface area contributed by atoms with Gasteiger partial charge in [-0.1, -0.05) is 30.1 Å². The first-order chi connectivity index (χ1) is 8.04. The molecule has 0 saturated heterocycles. The Morgan fingerprint density at radius 2 is 1.88 bits per heavy atom. The highest BCUT2D eigenvalue weighted by molar-refractivity contribution is 6.37. The average Bonchev–Trinajstić information content (AvgIpc) is 2.25. The van der Waals surface area contributed by atoms with Gasteiger partial charge in [0.2, 0.25) is 0 Å². The first-order valence-corrected chi connectivity index (χ1v) is 6.13. The quantitative estimate of drug-likeness (QED) is 0.605. The molecule has 0 atom stereocenters. The Kier molecular flexibility index (Phi) is 5.59. The molecule has 0 aromatic heterocycles. The number of nitrogens with zero attached hydrogens (tertiary/aromatic N) is 2. The van der Waals surface area contributed by atoms with Crippen LogP contribution in [0.2, 0.25) is 10.0 Å². The van der Waals surface area contributed by atoms with Crippen molar-refractivity contribution < 1.29 is 4.74 Å². The number of hydrogen-bond acceptors (Lipinski definition) is 3. The number of hydrogen-bond donors (Lipinski definition) is 0. The maximum Gasteiger partial charge on any atom is 0.156 e. The normalized spacial score (nSPS) is 10.9. The topological polar surface area (TPSA) is 24.8 Å². The van der Waals surface area contributed by atoms with E-state index in [4.69, 9.17) is 27.9 Å². The third kappa shape index (κ3) is 4.44. The van der Waals surface area contributed by atoms with Gasteiger partial charge in [0.15, 0.2) is 5.75 Å². The minimum atomic E-state index is 0.506. The van der Waals surface area contributed by atoms with Crippen molar-refractivity contribution in [2.24, 2.45) is 5.10 Å². The Balaban J connectivity index is 2.92. The van der Waals surface area contributed by atoms with E-state index in [1.54, 1.807) is 23.4 Å². The van der Waals surface area contributed by atoms with Crippen molar-refractivity contribution in [2.45, 2.75) is 13.3 Å². The molecule has 0 spiro atoms. The van der Waals surface area contributed by atoms with Crippen molar-refractivity contribution in [3.8, 4) is 5.75 Å². The van der Waals surface area contributed by atoms with Gasteiger partial charge in [0.1, 0.15) is 0 Å². The predicted molar refractivity (Wildman–Crippen MR) is 73.5 cm³/mol. The second-order valence-electron chi connectivity index (χ2n) is 3.75.